The van der Waals surface area contributed by atoms with Crippen LogP contribution in [0.15, 0.2) is 30.9 Å². The standard InChI is InChI=1S/C29H46O/c1-4-8-23-12-17-26(18-13-23)27-19-14-24(15-20-27)10-6-7-11-25-16-21-29(30-3)28(22-25)9-5-2/h4,16,21-24,26-27H,1,5-15,17-20H2,2-3H3/t23-,24?,26-,27?. The third kappa shape index (κ3) is 6.89. The lowest BCUT2D eigenvalue weighted by Gasteiger charge is -2.37. The smallest absolute Gasteiger partial charge is 0.122 e. The predicted molar refractivity (Wildman–Crippen MR) is 130 cm³/mol. The molecule has 0 unspecified atom stereocenters. The first kappa shape index (κ1) is 23.4. The molecule has 1 aromatic carbocycles. The van der Waals surface area contributed by atoms with Crippen molar-refractivity contribution in [1.82, 2.24) is 0 Å². The molecule has 2 aliphatic carbocycles. The molecule has 1 heteroatoms. The zero-order valence-corrected chi connectivity index (χ0v) is 19.8. The quantitative estimate of drug-likeness (QED) is 0.262. The first-order chi connectivity index (χ1) is 14.7. The number of methoxy groups -OCH3 is 1. The molecule has 0 atom stereocenters. The monoisotopic (exact) mass is 410 g/mol. The van der Waals surface area contributed by atoms with Crippen LogP contribution in [0.1, 0.15) is 102 Å². The van der Waals surface area contributed by atoms with Crippen LogP contribution in [0.2, 0.25) is 0 Å². The molecule has 2 saturated carbocycles. The SMILES string of the molecule is C=CC[C@H]1CC[C@H](C2CCC(CCCCc3ccc(OC)c(CCC)c3)CC2)CC1. The fraction of sp³-hybridized carbons (Fsp3) is 0.724. The van der Waals surface area contributed by atoms with E-state index in [9.17, 15) is 0 Å². The minimum absolute atomic E-state index is 0.943. The molecule has 0 spiro atoms. The Morgan fingerprint density at radius 2 is 1.57 bits per heavy atom. The number of benzene rings is 1. The number of rotatable bonds is 11. The van der Waals surface area contributed by atoms with Crippen LogP contribution in [-0.2, 0) is 12.8 Å². The van der Waals surface area contributed by atoms with Crippen molar-refractivity contribution in [1.29, 1.82) is 0 Å². The summed E-state index contributed by atoms with van der Waals surface area (Å²) in [4.78, 5) is 0. The van der Waals surface area contributed by atoms with Gasteiger partial charge in [0.1, 0.15) is 5.75 Å². The Bertz CT molecular complexity index is 617. The molecular formula is C29H46O. The summed E-state index contributed by atoms with van der Waals surface area (Å²) in [6, 6.07) is 6.83. The van der Waals surface area contributed by atoms with E-state index in [1.54, 1.807) is 7.11 Å². The van der Waals surface area contributed by atoms with Crippen LogP contribution in [-0.4, -0.2) is 7.11 Å². The van der Waals surface area contributed by atoms with Gasteiger partial charge >= 0.3 is 0 Å². The average molecular weight is 411 g/mol. The molecule has 0 aromatic heterocycles. The summed E-state index contributed by atoms with van der Waals surface area (Å²) in [6.07, 6.45) is 23.0. The highest BCUT2D eigenvalue weighted by Crippen LogP contribution is 2.42. The molecule has 168 valence electrons. The van der Waals surface area contributed by atoms with E-state index >= 15 is 0 Å². The normalized spacial score (nSPS) is 27.0. The van der Waals surface area contributed by atoms with Gasteiger partial charge in [0.25, 0.3) is 0 Å². The number of hydrogen-bond donors (Lipinski definition) is 0. The number of aryl methyl sites for hydroxylation is 2. The van der Waals surface area contributed by atoms with Crippen molar-refractivity contribution >= 4 is 0 Å². The van der Waals surface area contributed by atoms with E-state index in [2.05, 4.69) is 37.8 Å². The molecule has 0 N–H and O–H groups in total. The fourth-order valence-electron chi connectivity index (χ4n) is 6.29. The zero-order valence-electron chi connectivity index (χ0n) is 19.8. The molecule has 0 bridgehead atoms. The molecule has 30 heavy (non-hydrogen) atoms. The minimum Gasteiger partial charge on any atom is -0.496 e. The summed E-state index contributed by atoms with van der Waals surface area (Å²) in [6.45, 7) is 6.18. The van der Waals surface area contributed by atoms with Gasteiger partial charge in [0.2, 0.25) is 0 Å². The van der Waals surface area contributed by atoms with Crippen molar-refractivity contribution in [2.45, 2.75) is 103 Å². The van der Waals surface area contributed by atoms with E-state index in [0.717, 1.165) is 35.8 Å². The van der Waals surface area contributed by atoms with Crippen molar-refractivity contribution in [2.75, 3.05) is 7.11 Å². The molecule has 1 nitrogen and oxygen atoms in total. The topological polar surface area (TPSA) is 9.23 Å². The molecule has 2 aliphatic rings. The second-order valence-electron chi connectivity index (χ2n) is 10.2. The van der Waals surface area contributed by atoms with Crippen LogP contribution in [0.25, 0.3) is 0 Å². The molecule has 0 aliphatic heterocycles. The van der Waals surface area contributed by atoms with E-state index in [-0.39, 0.29) is 0 Å². The highest BCUT2D eigenvalue weighted by atomic mass is 16.5. The van der Waals surface area contributed by atoms with E-state index in [1.165, 1.54) is 101 Å². The maximum Gasteiger partial charge on any atom is 0.122 e. The van der Waals surface area contributed by atoms with E-state index < -0.39 is 0 Å². The zero-order chi connectivity index (χ0) is 21.2. The summed E-state index contributed by atoms with van der Waals surface area (Å²) >= 11 is 0. The molecular weight excluding hydrogens is 364 g/mol. The van der Waals surface area contributed by atoms with Gasteiger partial charge in [0.05, 0.1) is 7.11 Å². The Labute approximate surface area is 186 Å². The Balaban J connectivity index is 1.32. The minimum atomic E-state index is 0.943. The highest BCUT2D eigenvalue weighted by Gasteiger charge is 2.30. The van der Waals surface area contributed by atoms with Crippen molar-refractivity contribution in [3.05, 3.63) is 42.0 Å². The Morgan fingerprint density at radius 3 is 2.17 bits per heavy atom. The number of hydrogen-bond acceptors (Lipinski definition) is 1. The third-order valence-electron chi connectivity index (χ3n) is 8.14. The lowest BCUT2D eigenvalue weighted by atomic mass is 9.68. The van der Waals surface area contributed by atoms with Gasteiger partial charge in [-0.15, -0.1) is 6.58 Å². The van der Waals surface area contributed by atoms with Gasteiger partial charge in [0, 0.05) is 0 Å². The first-order valence-electron chi connectivity index (χ1n) is 13.0. The average Bonchev–Trinajstić information content (AvgIpc) is 2.78. The maximum atomic E-state index is 5.52. The second kappa shape index (κ2) is 12.6. The summed E-state index contributed by atoms with van der Waals surface area (Å²) in [5.41, 5.74) is 2.88. The summed E-state index contributed by atoms with van der Waals surface area (Å²) < 4.78 is 5.52. The van der Waals surface area contributed by atoms with Gasteiger partial charge in [-0.05, 0) is 105 Å². The second-order valence-corrected chi connectivity index (χ2v) is 10.2. The molecule has 0 amide bonds. The first-order valence-corrected chi connectivity index (χ1v) is 13.0. The van der Waals surface area contributed by atoms with Gasteiger partial charge in [-0.2, -0.15) is 0 Å². The van der Waals surface area contributed by atoms with Crippen LogP contribution in [0, 0.1) is 23.7 Å². The van der Waals surface area contributed by atoms with E-state index in [1.807, 2.05) is 0 Å². The summed E-state index contributed by atoms with van der Waals surface area (Å²) in [7, 11) is 1.79. The Kier molecular flexibility index (Phi) is 9.82. The predicted octanol–water partition coefficient (Wildman–Crippen LogP) is 8.55. The van der Waals surface area contributed by atoms with E-state index in [0.29, 0.717) is 0 Å². The fourth-order valence-corrected chi connectivity index (χ4v) is 6.29. The van der Waals surface area contributed by atoms with Crippen molar-refractivity contribution < 1.29 is 4.74 Å². The number of ether oxygens (including phenoxy) is 1. The van der Waals surface area contributed by atoms with Gasteiger partial charge in [-0.25, -0.2) is 0 Å². The number of unbranched alkanes of at least 4 members (excludes halogenated alkanes) is 1. The molecule has 3 rings (SSSR count). The highest BCUT2D eigenvalue weighted by molar-refractivity contribution is 5.37. The lowest BCUT2D eigenvalue weighted by Crippen LogP contribution is -2.25. The van der Waals surface area contributed by atoms with Crippen LogP contribution in [0.3, 0.4) is 0 Å². The van der Waals surface area contributed by atoms with Crippen LogP contribution < -0.4 is 4.74 Å². The Morgan fingerprint density at radius 1 is 0.900 bits per heavy atom. The number of allylic oxidation sites excluding steroid dienone is 1. The van der Waals surface area contributed by atoms with Crippen LogP contribution >= 0.6 is 0 Å². The van der Waals surface area contributed by atoms with Crippen molar-refractivity contribution in [2.24, 2.45) is 23.7 Å². The van der Waals surface area contributed by atoms with Gasteiger partial charge < -0.3 is 4.74 Å². The van der Waals surface area contributed by atoms with Crippen LogP contribution in [0.5, 0.6) is 5.75 Å². The van der Waals surface area contributed by atoms with Crippen molar-refractivity contribution in [3.8, 4) is 5.75 Å². The van der Waals surface area contributed by atoms with Gasteiger partial charge in [-0.3, -0.25) is 0 Å². The van der Waals surface area contributed by atoms with Gasteiger partial charge in [-0.1, -0.05) is 57.2 Å². The third-order valence-corrected chi connectivity index (χ3v) is 8.14. The largest absolute Gasteiger partial charge is 0.496 e. The molecule has 1 aromatic rings. The maximum absolute atomic E-state index is 5.52. The molecule has 0 radical (unpaired) electrons. The summed E-state index contributed by atoms with van der Waals surface area (Å²) in [5.74, 6) is 5.09. The van der Waals surface area contributed by atoms with Crippen LogP contribution in [0.4, 0.5) is 0 Å². The molecule has 0 saturated heterocycles. The summed E-state index contributed by atoms with van der Waals surface area (Å²) in [5, 5.41) is 0. The van der Waals surface area contributed by atoms with Gasteiger partial charge in [0.15, 0.2) is 0 Å². The Hall–Kier alpha value is -1.24. The molecule has 0 heterocycles. The molecule has 2 fully saturated rings. The lowest BCUT2D eigenvalue weighted by molar-refractivity contribution is 0.143. The van der Waals surface area contributed by atoms with Crippen molar-refractivity contribution in [3.63, 3.8) is 0 Å². The van der Waals surface area contributed by atoms with E-state index in [4.69, 9.17) is 4.74 Å².